The Kier molecular flexibility index (Phi) is 4.74. The van der Waals surface area contributed by atoms with Crippen LogP contribution in [0.4, 0.5) is 0 Å². The Morgan fingerprint density at radius 2 is 1.76 bits per heavy atom. The lowest BCUT2D eigenvalue weighted by Crippen LogP contribution is -2.58. The van der Waals surface area contributed by atoms with Crippen LogP contribution in [0.3, 0.4) is 0 Å². The fraction of sp³-hybridized carbons (Fsp3) is 0.562. The van der Waals surface area contributed by atoms with Crippen molar-refractivity contribution in [3.05, 3.63) is 17.2 Å². The first-order valence-electron chi connectivity index (χ1n) is 7.64. The molecule has 25 heavy (non-hydrogen) atoms. The van der Waals surface area contributed by atoms with Crippen molar-refractivity contribution in [2.75, 3.05) is 27.9 Å². The largest absolute Gasteiger partial charge is 0.493 e. The van der Waals surface area contributed by atoms with Gasteiger partial charge in [0.05, 0.1) is 33.5 Å². The van der Waals surface area contributed by atoms with Gasteiger partial charge in [0.15, 0.2) is 17.6 Å². The van der Waals surface area contributed by atoms with Crippen LogP contribution in [0, 0.1) is 0 Å². The summed E-state index contributed by atoms with van der Waals surface area (Å²) in [6, 6.07) is 1.43. The van der Waals surface area contributed by atoms with E-state index in [4.69, 9.17) is 23.7 Å². The third kappa shape index (κ3) is 2.60. The lowest BCUT2D eigenvalue weighted by Gasteiger charge is -2.44. The highest BCUT2D eigenvalue weighted by Crippen LogP contribution is 2.50. The van der Waals surface area contributed by atoms with Gasteiger partial charge in [-0.2, -0.15) is 0 Å². The summed E-state index contributed by atoms with van der Waals surface area (Å²) in [7, 11) is 4.23. The van der Waals surface area contributed by atoms with Crippen LogP contribution in [-0.4, -0.2) is 73.6 Å². The number of aliphatic hydroxyl groups excluding tert-OH is 3. The van der Waals surface area contributed by atoms with E-state index in [1.165, 1.54) is 27.4 Å². The Hall–Kier alpha value is -2.07. The summed E-state index contributed by atoms with van der Waals surface area (Å²) in [5, 5.41) is 29.7. The van der Waals surface area contributed by atoms with E-state index in [9.17, 15) is 20.1 Å². The Labute approximate surface area is 143 Å². The van der Waals surface area contributed by atoms with E-state index in [1.54, 1.807) is 0 Å². The molecule has 2 aliphatic rings. The first-order valence-corrected chi connectivity index (χ1v) is 7.64. The number of rotatable bonds is 4. The van der Waals surface area contributed by atoms with E-state index in [0.717, 1.165) is 0 Å². The van der Waals surface area contributed by atoms with Crippen LogP contribution in [-0.2, 0) is 9.47 Å². The zero-order valence-electron chi connectivity index (χ0n) is 14.0. The molecule has 2 aliphatic heterocycles. The summed E-state index contributed by atoms with van der Waals surface area (Å²) in [4.78, 5) is 12.4. The smallest absolute Gasteiger partial charge is 0.339 e. The van der Waals surface area contributed by atoms with Crippen LogP contribution >= 0.6 is 0 Å². The molecule has 1 aromatic rings. The normalized spacial score (nSPS) is 30.8. The van der Waals surface area contributed by atoms with Gasteiger partial charge in [-0.05, 0) is 6.07 Å². The van der Waals surface area contributed by atoms with Crippen molar-refractivity contribution in [2.45, 2.75) is 30.5 Å². The molecule has 0 bridgehead atoms. The van der Waals surface area contributed by atoms with E-state index in [0.29, 0.717) is 5.56 Å². The van der Waals surface area contributed by atoms with E-state index in [1.807, 2.05) is 0 Å². The van der Waals surface area contributed by atoms with E-state index >= 15 is 0 Å². The van der Waals surface area contributed by atoms with Crippen LogP contribution in [0.25, 0.3) is 0 Å². The molecule has 0 spiro atoms. The van der Waals surface area contributed by atoms with Gasteiger partial charge < -0.3 is 39.0 Å². The minimum Gasteiger partial charge on any atom is -0.493 e. The van der Waals surface area contributed by atoms with Crippen LogP contribution in [0.15, 0.2) is 6.07 Å². The fourth-order valence-corrected chi connectivity index (χ4v) is 3.27. The molecule has 0 aromatic heterocycles. The summed E-state index contributed by atoms with van der Waals surface area (Å²) in [6.45, 7) is -0.514. The molecule has 0 radical (unpaired) electrons. The van der Waals surface area contributed by atoms with E-state index in [-0.39, 0.29) is 22.8 Å². The van der Waals surface area contributed by atoms with Crippen LogP contribution in [0.1, 0.15) is 22.0 Å². The maximum Gasteiger partial charge on any atom is 0.339 e. The molecular formula is C16H20O9. The number of aliphatic hydroxyl groups is 3. The number of hydrogen-bond donors (Lipinski definition) is 3. The molecule has 0 saturated carbocycles. The number of carbonyl (C=O) groups excluding carboxylic acids is 1. The SMILES string of the molecule is COc1cc2c(c(OC)c1OC)[C@@H]1OC(CO)C(O)C(O)[C@H]1OC2=O. The van der Waals surface area contributed by atoms with E-state index in [2.05, 4.69) is 0 Å². The van der Waals surface area contributed by atoms with Gasteiger partial charge in [-0.1, -0.05) is 0 Å². The van der Waals surface area contributed by atoms with Crippen molar-refractivity contribution in [1.29, 1.82) is 0 Å². The van der Waals surface area contributed by atoms with Gasteiger partial charge in [-0.3, -0.25) is 0 Å². The van der Waals surface area contributed by atoms with Gasteiger partial charge in [0, 0.05) is 5.56 Å². The molecule has 2 heterocycles. The number of benzene rings is 1. The number of esters is 1. The van der Waals surface area contributed by atoms with Crippen molar-refractivity contribution in [1.82, 2.24) is 0 Å². The average Bonchev–Trinajstić information content (AvgIpc) is 2.63. The van der Waals surface area contributed by atoms with Crippen molar-refractivity contribution < 1.29 is 43.8 Å². The number of carbonyl (C=O) groups is 1. The highest BCUT2D eigenvalue weighted by atomic mass is 16.6. The number of methoxy groups -OCH3 is 3. The van der Waals surface area contributed by atoms with Crippen LogP contribution in [0.2, 0.25) is 0 Å². The molecule has 9 nitrogen and oxygen atoms in total. The summed E-state index contributed by atoms with van der Waals surface area (Å²) in [5.41, 5.74) is 0.446. The van der Waals surface area contributed by atoms with Crippen LogP contribution in [0.5, 0.6) is 17.2 Å². The maximum absolute atomic E-state index is 12.4. The Balaban J connectivity index is 2.20. The van der Waals surface area contributed by atoms with Gasteiger partial charge in [0.25, 0.3) is 0 Å². The summed E-state index contributed by atoms with van der Waals surface area (Å²) >= 11 is 0. The first kappa shape index (κ1) is 17.7. The zero-order valence-corrected chi connectivity index (χ0v) is 14.0. The topological polar surface area (TPSA) is 124 Å². The Morgan fingerprint density at radius 3 is 2.32 bits per heavy atom. The zero-order chi connectivity index (χ0) is 18.3. The molecule has 9 heteroatoms. The van der Waals surface area contributed by atoms with Gasteiger partial charge in [0.1, 0.15) is 24.4 Å². The maximum atomic E-state index is 12.4. The molecule has 1 aromatic carbocycles. The van der Waals surface area contributed by atoms with Gasteiger partial charge in [0.2, 0.25) is 5.75 Å². The molecule has 0 aliphatic carbocycles. The molecule has 1 saturated heterocycles. The molecule has 3 N–H and O–H groups in total. The molecule has 0 amide bonds. The second kappa shape index (κ2) is 6.68. The fourth-order valence-electron chi connectivity index (χ4n) is 3.27. The molecule has 3 rings (SSSR count). The van der Waals surface area contributed by atoms with Crippen molar-refractivity contribution in [3.63, 3.8) is 0 Å². The molecular weight excluding hydrogens is 336 g/mol. The third-order valence-corrected chi connectivity index (χ3v) is 4.48. The number of hydrogen-bond acceptors (Lipinski definition) is 9. The standard InChI is InChI=1S/C16H20O9/c1-21-7-4-6-9(13(23-3)12(7)22-2)14-15(25-16(6)20)11(19)10(18)8(5-17)24-14/h4,8,10-11,14-15,17-19H,5H2,1-3H3/t8?,10?,11?,14-,15+/m0/s1. The minimum absolute atomic E-state index is 0.135. The van der Waals surface area contributed by atoms with Gasteiger partial charge >= 0.3 is 5.97 Å². The summed E-state index contributed by atoms with van der Waals surface area (Å²) in [5.74, 6) is 0.00198. The second-order valence-electron chi connectivity index (χ2n) is 5.74. The lowest BCUT2D eigenvalue weighted by molar-refractivity contribution is -0.235. The number of ether oxygens (including phenoxy) is 5. The number of fused-ring (bicyclic) bond motifs is 3. The molecule has 3 unspecified atom stereocenters. The van der Waals surface area contributed by atoms with E-state index < -0.39 is 43.1 Å². The Morgan fingerprint density at radius 1 is 1.08 bits per heavy atom. The van der Waals surface area contributed by atoms with Crippen molar-refractivity contribution in [3.8, 4) is 17.2 Å². The summed E-state index contributed by atoms with van der Waals surface area (Å²) < 4.78 is 26.9. The van der Waals surface area contributed by atoms with Gasteiger partial charge in [-0.15, -0.1) is 0 Å². The average molecular weight is 356 g/mol. The van der Waals surface area contributed by atoms with Crippen molar-refractivity contribution >= 4 is 5.97 Å². The quantitative estimate of drug-likeness (QED) is 0.607. The lowest BCUT2D eigenvalue weighted by atomic mass is 9.86. The molecule has 5 atom stereocenters. The van der Waals surface area contributed by atoms with Crippen molar-refractivity contribution in [2.24, 2.45) is 0 Å². The Bertz CT molecular complexity index is 674. The summed E-state index contributed by atoms with van der Waals surface area (Å²) in [6.07, 6.45) is -5.96. The first-order chi connectivity index (χ1) is 12.0. The molecule has 1 fully saturated rings. The third-order valence-electron chi connectivity index (χ3n) is 4.48. The van der Waals surface area contributed by atoms with Crippen LogP contribution < -0.4 is 14.2 Å². The monoisotopic (exact) mass is 356 g/mol. The second-order valence-corrected chi connectivity index (χ2v) is 5.74. The molecule has 138 valence electrons. The highest BCUT2D eigenvalue weighted by Gasteiger charge is 2.52. The van der Waals surface area contributed by atoms with Gasteiger partial charge in [-0.25, -0.2) is 4.79 Å². The predicted octanol–water partition coefficient (Wildman–Crippen LogP) is -0.595. The predicted molar refractivity (Wildman–Crippen MR) is 82.0 cm³/mol. The highest BCUT2D eigenvalue weighted by molar-refractivity contribution is 5.95. The minimum atomic E-state index is -1.43.